The molecule has 0 bridgehead atoms. The molecule has 64 valence electrons. The van der Waals surface area contributed by atoms with Crippen LogP contribution in [0.25, 0.3) is 5.57 Å². The lowest BCUT2D eigenvalue weighted by atomic mass is 9.99. The number of rotatable bonds is 1. The molecule has 0 heterocycles. The van der Waals surface area contributed by atoms with Crippen molar-refractivity contribution in [2.45, 2.75) is 13.8 Å². The Bertz CT molecular complexity index is 427. The summed E-state index contributed by atoms with van der Waals surface area (Å²) >= 11 is 0. The van der Waals surface area contributed by atoms with Gasteiger partial charge in [-0.05, 0) is 48.8 Å². The van der Waals surface area contributed by atoms with Crippen LogP contribution in [0.1, 0.15) is 16.7 Å². The molecule has 0 fully saturated rings. The van der Waals surface area contributed by atoms with Crippen molar-refractivity contribution in [1.82, 2.24) is 0 Å². The molecule has 0 saturated carbocycles. The van der Waals surface area contributed by atoms with E-state index in [2.05, 4.69) is 43.9 Å². The summed E-state index contributed by atoms with van der Waals surface area (Å²) in [5, 5.41) is 0. The number of benzene rings is 1. The number of allylic oxidation sites excluding steroid dienone is 3. The third-order valence-electron chi connectivity index (χ3n) is 2.30. The summed E-state index contributed by atoms with van der Waals surface area (Å²) in [5.41, 5.74) is 8.29. The van der Waals surface area contributed by atoms with Crippen LogP contribution in [0.3, 0.4) is 0 Å². The summed E-state index contributed by atoms with van der Waals surface area (Å²) in [6.07, 6.45) is 6.08. The zero-order chi connectivity index (χ0) is 9.26. The van der Waals surface area contributed by atoms with Crippen LogP contribution in [-0.2, 0) is 0 Å². The maximum Gasteiger partial charge on any atom is -0.00979 e. The van der Waals surface area contributed by atoms with Crippen molar-refractivity contribution in [1.29, 1.82) is 0 Å². The molecule has 0 spiro atoms. The van der Waals surface area contributed by atoms with E-state index in [-0.39, 0.29) is 0 Å². The molecular formula is C13H12. The van der Waals surface area contributed by atoms with Gasteiger partial charge in [-0.3, -0.25) is 0 Å². The molecule has 0 saturated heterocycles. The van der Waals surface area contributed by atoms with Gasteiger partial charge in [-0.1, -0.05) is 23.8 Å². The van der Waals surface area contributed by atoms with Gasteiger partial charge in [0.1, 0.15) is 0 Å². The van der Waals surface area contributed by atoms with Crippen molar-refractivity contribution in [3.05, 3.63) is 58.8 Å². The molecular weight excluding hydrogens is 156 g/mol. The van der Waals surface area contributed by atoms with Crippen molar-refractivity contribution in [3.63, 3.8) is 0 Å². The van der Waals surface area contributed by atoms with Gasteiger partial charge in [0.05, 0.1) is 0 Å². The molecule has 1 aliphatic carbocycles. The molecule has 1 aromatic rings. The average molecular weight is 168 g/mol. The largest absolute Gasteiger partial charge is 0.120 e. The average Bonchev–Trinajstić information content (AvgIpc) is 2.61. The highest BCUT2D eigenvalue weighted by molar-refractivity contribution is 5.79. The van der Waals surface area contributed by atoms with Crippen LogP contribution >= 0.6 is 0 Å². The summed E-state index contributed by atoms with van der Waals surface area (Å²) in [7, 11) is 0. The molecule has 0 unspecified atom stereocenters. The maximum atomic E-state index is 3.07. The minimum Gasteiger partial charge on any atom is -0.120 e. The highest BCUT2D eigenvalue weighted by Crippen LogP contribution is 2.23. The Balaban J connectivity index is 2.51. The number of aryl methyl sites for hydroxylation is 2. The van der Waals surface area contributed by atoms with Gasteiger partial charge in [-0.15, -0.1) is 5.73 Å². The van der Waals surface area contributed by atoms with E-state index >= 15 is 0 Å². The van der Waals surface area contributed by atoms with E-state index in [0.717, 1.165) is 0 Å². The molecule has 0 atom stereocenters. The zero-order valence-corrected chi connectivity index (χ0v) is 7.96. The second kappa shape index (κ2) is 3.08. The van der Waals surface area contributed by atoms with Crippen LogP contribution in [0.4, 0.5) is 0 Å². The molecule has 2 rings (SSSR count). The summed E-state index contributed by atoms with van der Waals surface area (Å²) in [4.78, 5) is 0. The first-order chi connectivity index (χ1) is 6.27. The van der Waals surface area contributed by atoms with Gasteiger partial charge in [0.25, 0.3) is 0 Å². The molecule has 1 aromatic carbocycles. The Hall–Kier alpha value is -1.52. The van der Waals surface area contributed by atoms with E-state index in [0.29, 0.717) is 0 Å². The first-order valence-electron chi connectivity index (χ1n) is 4.48. The monoisotopic (exact) mass is 168 g/mol. The van der Waals surface area contributed by atoms with Gasteiger partial charge in [0.2, 0.25) is 0 Å². The van der Waals surface area contributed by atoms with Crippen LogP contribution in [0.2, 0.25) is 0 Å². The minimum absolute atomic E-state index is 1.27. The van der Waals surface area contributed by atoms with E-state index in [9.17, 15) is 0 Å². The molecule has 0 aromatic heterocycles. The third-order valence-corrected chi connectivity index (χ3v) is 2.30. The van der Waals surface area contributed by atoms with E-state index in [4.69, 9.17) is 0 Å². The Morgan fingerprint density at radius 2 is 2.00 bits per heavy atom. The summed E-state index contributed by atoms with van der Waals surface area (Å²) in [6, 6.07) is 6.53. The SMILES string of the molecule is Cc1ccc(C)c(C2=CC=C=C2)c1. The standard InChI is InChI=1S/C13H12/c1-10-7-8-11(2)13(9-10)12-5-3-4-6-12/h3,5-9H,1-2H3. The molecule has 0 N–H and O–H groups in total. The van der Waals surface area contributed by atoms with Gasteiger partial charge >= 0.3 is 0 Å². The van der Waals surface area contributed by atoms with E-state index in [1.54, 1.807) is 0 Å². The highest BCUT2D eigenvalue weighted by atomic mass is 14.1. The van der Waals surface area contributed by atoms with Gasteiger partial charge in [-0.25, -0.2) is 0 Å². The second-order valence-electron chi connectivity index (χ2n) is 3.42. The van der Waals surface area contributed by atoms with E-state index in [1.807, 2.05) is 12.2 Å². The van der Waals surface area contributed by atoms with Gasteiger partial charge < -0.3 is 0 Å². The quantitative estimate of drug-likeness (QED) is 0.564. The molecule has 1 aliphatic rings. The topological polar surface area (TPSA) is 0 Å². The lowest BCUT2D eigenvalue weighted by Gasteiger charge is -2.05. The second-order valence-corrected chi connectivity index (χ2v) is 3.42. The van der Waals surface area contributed by atoms with Crippen molar-refractivity contribution in [2.75, 3.05) is 0 Å². The lowest BCUT2D eigenvalue weighted by Crippen LogP contribution is -1.86. The minimum atomic E-state index is 1.27. The molecule has 0 nitrogen and oxygen atoms in total. The van der Waals surface area contributed by atoms with Gasteiger partial charge in [-0.2, -0.15) is 0 Å². The zero-order valence-electron chi connectivity index (χ0n) is 7.96. The lowest BCUT2D eigenvalue weighted by molar-refractivity contribution is 1.37. The Morgan fingerprint density at radius 3 is 2.69 bits per heavy atom. The number of hydrogen-bond acceptors (Lipinski definition) is 0. The predicted molar refractivity (Wildman–Crippen MR) is 56.5 cm³/mol. The maximum absolute atomic E-state index is 3.07. The van der Waals surface area contributed by atoms with Crippen molar-refractivity contribution in [3.8, 4) is 0 Å². The first-order valence-corrected chi connectivity index (χ1v) is 4.48. The fourth-order valence-corrected chi connectivity index (χ4v) is 1.54. The molecule has 0 heteroatoms. The highest BCUT2D eigenvalue weighted by Gasteiger charge is 2.03. The third kappa shape index (κ3) is 1.49. The smallest absolute Gasteiger partial charge is 0.00979 e. The van der Waals surface area contributed by atoms with Crippen molar-refractivity contribution < 1.29 is 0 Å². The number of hydrogen-bond donors (Lipinski definition) is 0. The molecule has 0 radical (unpaired) electrons. The summed E-state index contributed by atoms with van der Waals surface area (Å²) in [5.74, 6) is 0. The summed E-state index contributed by atoms with van der Waals surface area (Å²) in [6.45, 7) is 4.26. The van der Waals surface area contributed by atoms with Crippen LogP contribution in [0.15, 0.2) is 42.2 Å². The van der Waals surface area contributed by atoms with E-state index < -0.39 is 0 Å². The van der Waals surface area contributed by atoms with Crippen molar-refractivity contribution in [2.24, 2.45) is 0 Å². The first kappa shape index (κ1) is 8.10. The fourth-order valence-electron chi connectivity index (χ4n) is 1.54. The molecule has 13 heavy (non-hydrogen) atoms. The molecule has 0 amide bonds. The molecule has 0 aliphatic heterocycles. The predicted octanol–water partition coefficient (Wildman–Crippen LogP) is 3.41. The normalized spacial score (nSPS) is 13.5. The fraction of sp³-hybridized carbons (Fsp3) is 0.154. The van der Waals surface area contributed by atoms with Gasteiger partial charge in [0, 0.05) is 0 Å². The Kier molecular flexibility index (Phi) is 1.92. The van der Waals surface area contributed by atoms with Crippen LogP contribution in [0.5, 0.6) is 0 Å². The van der Waals surface area contributed by atoms with Crippen LogP contribution < -0.4 is 0 Å². The van der Waals surface area contributed by atoms with Crippen LogP contribution in [0, 0.1) is 13.8 Å². The van der Waals surface area contributed by atoms with E-state index in [1.165, 1.54) is 22.3 Å². The van der Waals surface area contributed by atoms with Gasteiger partial charge in [0.15, 0.2) is 0 Å². The van der Waals surface area contributed by atoms with Crippen LogP contribution in [-0.4, -0.2) is 0 Å². The Morgan fingerprint density at radius 1 is 1.15 bits per heavy atom. The Labute approximate surface area is 78.9 Å². The van der Waals surface area contributed by atoms with Crippen molar-refractivity contribution >= 4 is 5.57 Å². The summed E-state index contributed by atoms with van der Waals surface area (Å²) < 4.78 is 0.